The van der Waals surface area contributed by atoms with E-state index >= 15 is 0 Å². The Hall–Kier alpha value is -4.15. The van der Waals surface area contributed by atoms with Crippen LogP contribution in [0.3, 0.4) is 0 Å². The van der Waals surface area contributed by atoms with Crippen molar-refractivity contribution in [1.82, 2.24) is 40.2 Å². The van der Waals surface area contributed by atoms with Crippen molar-refractivity contribution < 1.29 is 4.57 Å². The van der Waals surface area contributed by atoms with Crippen LogP contribution in [0.1, 0.15) is 28.9 Å². The molecule has 1 aliphatic rings. The van der Waals surface area contributed by atoms with Crippen LogP contribution >= 0.6 is 0 Å². The molecular weight excluding hydrogens is 452 g/mol. The van der Waals surface area contributed by atoms with E-state index in [0.717, 1.165) is 43.0 Å². The fourth-order valence-electron chi connectivity index (χ4n) is 5.09. The number of fused-ring (bicyclic) bond motifs is 1. The molecule has 1 fully saturated rings. The normalized spacial score (nSPS) is 16.2. The number of nitrogen functional groups attached to an aromatic ring is 1. The number of hydrogen-bond donors (Lipinski definition) is 3. The number of hydrogen-bond acceptors (Lipinski definition) is 7. The smallest absolute Gasteiger partial charge is 0.293 e. The molecule has 2 unspecified atom stereocenters. The van der Waals surface area contributed by atoms with Crippen LogP contribution in [0.5, 0.6) is 0 Å². The van der Waals surface area contributed by atoms with E-state index < -0.39 is 0 Å². The Morgan fingerprint density at radius 1 is 0.917 bits per heavy atom. The molecule has 1 aliphatic heterocycles. The topological polar surface area (TPSA) is 117 Å². The second-order valence-corrected chi connectivity index (χ2v) is 9.05. The molecule has 0 radical (unpaired) electrons. The number of rotatable bonds is 7. The van der Waals surface area contributed by atoms with Gasteiger partial charge in [-0.05, 0) is 11.1 Å². The van der Waals surface area contributed by atoms with E-state index in [2.05, 4.69) is 96.1 Å². The number of anilines is 1. The summed E-state index contributed by atoms with van der Waals surface area (Å²) in [6, 6.07) is 21.4. The zero-order chi connectivity index (χ0) is 24.3. The van der Waals surface area contributed by atoms with Crippen molar-refractivity contribution in [2.24, 2.45) is 0 Å². The maximum atomic E-state index is 5.99. The molecule has 2 aromatic carbocycles. The first-order valence-corrected chi connectivity index (χ1v) is 12.2. The van der Waals surface area contributed by atoms with E-state index in [4.69, 9.17) is 5.73 Å². The number of piperazine rings is 1. The van der Waals surface area contributed by atoms with Crippen LogP contribution in [0, 0.1) is 0 Å². The summed E-state index contributed by atoms with van der Waals surface area (Å²) >= 11 is 0. The number of aromatic nitrogens is 7. The average Bonchev–Trinajstić information content (AvgIpc) is 3.61. The van der Waals surface area contributed by atoms with E-state index in [0.29, 0.717) is 12.4 Å². The first-order chi connectivity index (χ1) is 17.8. The molecule has 10 heteroatoms. The Morgan fingerprint density at radius 2 is 1.61 bits per heavy atom. The highest BCUT2D eigenvalue weighted by Crippen LogP contribution is 2.37. The van der Waals surface area contributed by atoms with Gasteiger partial charge in [-0.15, -0.1) is 5.10 Å². The Morgan fingerprint density at radius 3 is 2.33 bits per heavy atom. The van der Waals surface area contributed by atoms with E-state index in [1.165, 1.54) is 11.1 Å². The van der Waals surface area contributed by atoms with Gasteiger partial charge in [0.1, 0.15) is 12.2 Å². The van der Waals surface area contributed by atoms with Gasteiger partial charge in [0.2, 0.25) is 12.1 Å². The number of aromatic amines is 1. The van der Waals surface area contributed by atoms with Gasteiger partial charge in [0.05, 0.1) is 18.3 Å². The zero-order valence-corrected chi connectivity index (χ0v) is 19.9. The number of imidazole rings is 1. The lowest BCUT2D eigenvalue weighted by Crippen LogP contribution is -2.47. The molecule has 5 aromatic rings. The molecule has 36 heavy (non-hydrogen) atoms. The van der Waals surface area contributed by atoms with Crippen LogP contribution in [0.25, 0.3) is 11.2 Å². The van der Waals surface area contributed by atoms with Gasteiger partial charge in [0.15, 0.2) is 11.8 Å². The van der Waals surface area contributed by atoms with Crippen molar-refractivity contribution in [2.45, 2.75) is 18.6 Å². The molecule has 1 saturated heterocycles. The molecular formula is C26H29N10+. The summed E-state index contributed by atoms with van der Waals surface area (Å²) in [4.78, 5) is 14.3. The second-order valence-electron chi connectivity index (χ2n) is 9.05. The monoisotopic (exact) mass is 481 g/mol. The van der Waals surface area contributed by atoms with Gasteiger partial charge < -0.3 is 16.0 Å². The first kappa shape index (κ1) is 22.3. The maximum absolute atomic E-state index is 5.99. The summed E-state index contributed by atoms with van der Waals surface area (Å²) < 4.78 is 3.94. The van der Waals surface area contributed by atoms with Crippen molar-refractivity contribution >= 4 is 17.0 Å². The second kappa shape index (κ2) is 9.84. The molecule has 0 aliphatic carbocycles. The fourth-order valence-corrected chi connectivity index (χ4v) is 5.09. The quantitative estimate of drug-likeness (QED) is 0.303. The number of benzene rings is 2. The summed E-state index contributed by atoms with van der Waals surface area (Å²) in [6.07, 6.45) is 5.36. The van der Waals surface area contributed by atoms with Crippen molar-refractivity contribution in [3.8, 4) is 0 Å². The van der Waals surface area contributed by atoms with Crippen molar-refractivity contribution in [2.75, 3.05) is 31.9 Å². The lowest BCUT2D eigenvalue weighted by Gasteiger charge is -2.39. The molecule has 0 bridgehead atoms. The van der Waals surface area contributed by atoms with E-state index in [1.54, 1.807) is 12.7 Å². The number of H-pyrrole nitrogens is 1. The molecule has 3 aromatic heterocycles. The van der Waals surface area contributed by atoms with Crippen molar-refractivity contribution in [1.29, 1.82) is 0 Å². The van der Waals surface area contributed by atoms with Crippen LogP contribution in [0.2, 0.25) is 0 Å². The maximum Gasteiger partial charge on any atom is 0.293 e. The van der Waals surface area contributed by atoms with E-state index in [-0.39, 0.29) is 12.1 Å². The van der Waals surface area contributed by atoms with Crippen molar-refractivity contribution in [3.05, 3.63) is 96.3 Å². The molecule has 0 saturated carbocycles. The number of nitrogens with one attached hydrogen (secondary N) is 2. The standard InChI is InChI=1S/C26H28N10/c27-25-22-26(30-17-29-22)35(18-31-25)15-21-16-36(33-32-21)24(20-9-5-2-6-10-20)23(19-7-3-1-4-8-19)34-13-11-28-12-14-34/h1-10,16-18,23-24,28H,11-15H2,(H2,27,29,30)/p+1. The summed E-state index contributed by atoms with van der Waals surface area (Å²) in [5.74, 6) is 0.424. The van der Waals surface area contributed by atoms with E-state index in [9.17, 15) is 0 Å². The Bertz CT molecular complexity index is 1420. The first-order valence-electron chi connectivity index (χ1n) is 12.2. The minimum Gasteiger partial charge on any atom is -0.368 e. The van der Waals surface area contributed by atoms with Gasteiger partial charge in [-0.1, -0.05) is 75.8 Å². The van der Waals surface area contributed by atoms with Gasteiger partial charge in [0.25, 0.3) is 5.65 Å². The molecule has 0 spiro atoms. The molecule has 182 valence electrons. The van der Waals surface area contributed by atoms with Crippen molar-refractivity contribution in [3.63, 3.8) is 0 Å². The van der Waals surface area contributed by atoms with Crippen LogP contribution in [-0.4, -0.2) is 61.0 Å². The predicted octanol–water partition coefficient (Wildman–Crippen LogP) is 1.70. The van der Waals surface area contributed by atoms with Gasteiger partial charge >= 0.3 is 0 Å². The third-order valence-corrected chi connectivity index (χ3v) is 6.79. The highest BCUT2D eigenvalue weighted by Gasteiger charge is 2.33. The third-order valence-electron chi connectivity index (χ3n) is 6.79. The molecule has 2 atom stereocenters. The Balaban J connectivity index is 1.40. The van der Waals surface area contributed by atoms with Gasteiger partial charge in [-0.25, -0.2) is 9.25 Å². The summed E-state index contributed by atoms with van der Waals surface area (Å²) in [7, 11) is 0. The minimum absolute atomic E-state index is 0.0482. The minimum atomic E-state index is -0.0482. The van der Waals surface area contributed by atoms with Crippen LogP contribution in [0.4, 0.5) is 5.82 Å². The SMILES string of the molecule is Nc1nc[n+](Cc2cn(C(c3ccccc3)C(c3ccccc3)N3CCNCC3)nn2)c2nc[nH]c12. The zero-order valence-electron chi connectivity index (χ0n) is 19.9. The van der Waals surface area contributed by atoms with Gasteiger partial charge in [-0.3, -0.25) is 4.90 Å². The van der Waals surface area contributed by atoms with E-state index in [1.807, 2.05) is 15.4 Å². The average molecular weight is 482 g/mol. The lowest BCUT2D eigenvalue weighted by atomic mass is 9.91. The van der Waals surface area contributed by atoms with Gasteiger partial charge in [-0.2, -0.15) is 0 Å². The molecule has 10 nitrogen and oxygen atoms in total. The molecule has 4 heterocycles. The summed E-state index contributed by atoms with van der Waals surface area (Å²) in [5.41, 5.74) is 10.7. The van der Waals surface area contributed by atoms with Gasteiger partial charge in [0, 0.05) is 26.2 Å². The predicted molar refractivity (Wildman–Crippen MR) is 136 cm³/mol. The largest absolute Gasteiger partial charge is 0.368 e. The molecule has 4 N–H and O–H groups in total. The summed E-state index contributed by atoms with van der Waals surface area (Å²) in [5, 5.41) is 12.7. The Labute approximate surface area is 208 Å². The van der Waals surface area contributed by atoms with Crippen LogP contribution in [-0.2, 0) is 6.54 Å². The number of nitrogens with zero attached hydrogens (tertiary/aromatic N) is 7. The van der Waals surface area contributed by atoms with Crippen LogP contribution in [0.15, 0.2) is 79.5 Å². The molecule has 0 amide bonds. The highest BCUT2D eigenvalue weighted by molar-refractivity contribution is 5.78. The lowest BCUT2D eigenvalue weighted by molar-refractivity contribution is -0.667. The fraction of sp³-hybridized carbons (Fsp3) is 0.269. The number of nitrogens with two attached hydrogens (primary N) is 1. The molecule has 6 rings (SSSR count). The van der Waals surface area contributed by atoms with Crippen LogP contribution < -0.4 is 15.6 Å². The highest BCUT2D eigenvalue weighted by atomic mass is 15.4. The third kappa shape index (κ3) is 4.32. The summed E-state index contributed by atoms with van der Waals surface area (Å²) in [6.45, 7) is 4.35. The Kier molecular flexibility index (Phi) is 6.10.